The van der Waals surface area contributed by atoms with Gasteiger partial charge in [-0.1, -0.05) is 49.6 Å². The highest BCUT2D eigenvalue weighted by atomic mass is 14.8. The SMILES string of the molecule is C=C/C=C(\C=C)c1c2nc(c(C)c3ccc([nH]3)c(C(/C=C\C)=C/C)c3nc(c(C)c4ccc1[nH]4)C=C3)C=C2. The third kappa shape index (κ3) is 4.35. The number of allylic oxidation sites excluding steroid dienone is 8. The van der Waals surface area contributed by atoms with Crippen molar-refractivity contribution in [2.24, 2.45) is 0 Å². The lowest BCUT2D eigenvalue weighted by Gasteiger charge is -2.05. The smallest absolute Gasteiger partial charge is 0.0737 e. The number of aromatic amines is 2. The molecular formula is C34H32N4. The van der Waals surface area contributed by atoms with Gasteiger partial charge in [0.15, 0.2) is 0 Å². The first-order valence-electron chi connectivity index (χ1n) is 12.8. The Kier molecular flexibility index (Phi) is 6.80. The Labute approximate surface area is 223 Å². The zero-order chi connectivity index (χ0) is 26.8. The molecular weight excluding hydrogens is 464 g/mol. The summed E-state index contributed by atoms with van der Waals surface area (Å²) in [6, 6.07) is 8.45. The predicted octanol–water partition coefficient (Wildman–Crippen LogP) is 9.01. The van der Waals surface area contributed by atoms with Gasteiger partial charge in [-0.3, -0.25) is 0 Å². The van der Waals surface area contributed by atoms with Gasteiger partial charge in [-0.15, -0.1) is 0 Å². The fourth-order valence-electron chi connectivity index (χ4n) is 4.98. The van der Waals surface area contributed by atoms with Crippen molar-refractivity contribution in [3.8, 4) is 0 Å². The molecule has 0 spiro atoms. The van der Waals surface area contributed by atoms with Crippen LogP contribution in [0, 0.1) is 13.8 Å². The maximum Gasteiger partial charge on any atom is 0.0737 e. The fourth-order valence-corrected chi connectivity index (χ4v) is 4.98. The van der Waals surface area contributed by atoms with Crippen molar-refractivity contribution in [3.63, 3.8) is 0 Å². The van der Waals surface area contributed by atoms with E-state index in [0.717, 1.165) is 78.2 Å². The number of hydrogen-bond acceptors (Lipinski definition) is 2. The van der Waals surface area contributed by atoms with Gasteiger partial charge >= 0.3 is 0 Å². The Hall–Kier alpha value is -4.70. The number of nitrogens with one attached hydrogen (secondary N) is 2. The van der Waals surface area contributed by atoms with Crippen LogP contribution < -0.4 is 0 Å². The Morgan fingerprint density at radius 2 is 1.16 bits per heavy atom. The molecule has 188 valence electrons. The van der Waals surface area contributed by atoms with E-state index in [1.165, 1.54) is 0 Å². The van der Waals surface area contributed by atoms with Crippen molar-refractivity contribution in [1.29, 1.82) is 0 Å². The van der Waals surface area contributed by atoms with Gasteiger partial charge in [0.25, 0.3) is 0 Å². The van der Waals surface area contributed by atoms with Gasteiger partial charge in [-0.05, 0) is 98.5 Å². The number of nitrogens with zero attached hydrogens (tertiary/aromatic N) is 2. The van der Waals surface area contributed by atoms with Crippen LogP contribution in [0.15, 0.2) is 73.9 Å². The summed E-state index contributed by atoms with van der Waals surface area (Å²) < 4.78 is 0. The second-order valence-electron chi connectivity index (χ2n) is 9.31. The highest BCUT2D eigenvalue weighted by Gasteiger charge is 2.15. The fraction of sp³-hybridized carbons (Fsp3) is 0.118. The number of aromatic nitrogens is 4. The molecule has 0 fully saturated rings. The van der Waals surface area contributed by atoms with Crippen molar-refractivity contribution in [3.05, 3.63) is 119 Å². The van der Waals surface area contributed by atoms with Crippen molar-refractivity contribution < 1.29 is 0 Å². The summed E-state index contributed by atoms with van der Waals surface area (Å²) >= 11 is 0. The van der Waals surface area contributed by atoms with Crippen molar-refractivity contribution in [1.82, 2.24) is 19.9 Å². The molecule has 3 aromatic heterocycles. The standard InChI is InChI=1S/C34H32N4/c1-7-11-23(9-3)33-29-17-13-25(35-29)21(5)27-15-19-31(37-27)34(24(10-4)12-8-2)32-20-16-28(38-32)22(6)26-14-18-30(33)36-26/h7-20,35,38H,1,3H2,2,4-6H3/b12-8-,23-11+,24-10+,25-21?,26-22?,27-21?,28-22?,33-29?,33-30?,34-31?,34-32?. The molecule has 4 nitrogen and oxygen atoms in total. The molecule has 0 saturated heterocycles. The molecule has 8 bridgehead atoms. The van der Waals surface area contributed by atoms with Crippen LogP contribution in [0.1, 0.15) is 58.9 Å². The summed E-state index contributed by atoms with van der Waals surface area (Å²) in [5.74, 6) is 0. The third-order valence-corrected chi connectivity index (χ3v) is 7.03. The first-order valence-corrected chi connectivity index (χ1v) is 12.8. The Morgan fingerprint density at radius 3 is 1.61 bits per heavy atom. The monoisotopic (exact) mass is 496 g/mol. The van der Waals surface area contributed by atoms with Crippen molar-refractivity contribution >= 4 is 57.5 Å². The average molecular weight is 497 g/mol. The molecule has 5 rings (SSSR count). The van der Waals surface area contributed by atoms with Crippen LogP contribution in [0.3, 0.4) is 0 Å². The van der Waals surface area contributed by atoms with Crippen LogP contribution in [0.25, 0.3) is 57.5 Å². The minimum absolute atomic E-state index is 0.877. The zero-order valence-corrected chi connectivity index (χ0v) is 22.4. The highest BCUT2D eigenvalue weighted by molar-refractivity contribution is 5.94. The van der Waals surface area contributed by atoms with Crippen LogP contribution in [0.4, 0.5) is 0 Å². The van der Waals surface area contributed by atoms with Gasteiger partial charge < -0.3 is 9.97 Å². The minimum atomic E-state index is 0.877. The molecule has 0 amide bonds. The van der Waals surface area contributed by atoms with E-state index < -0.39 is 0 Å². The van der Waals surface area contributed by atoms with E-state index in [-0.39, 0.29) is 0 Å². The molecule has 2 N–H and O–H groups in total. The van der Waals surface area contributed by atoms with E-state index >= 15 is 0 Å². The normalized spacial score (nSPS) is 13.5. The first kappa shape index (κ1) is 25.0. The molecule has 0 unspecified atom stereocenters. The molecule has 0 radical (unpaired) electrons. The molecule has 3 aromatic rings. The van der Waals surface area contributed by atoms with Crippen LogP contribution in [-0.2, 0) is 0 Å². The number of rotatable bonds is 5. The van der Waals surface area contributed by atoms with E-state index in [1.807, 2.05) is 19.1 Å². The quantitative estimate of drug-likeness (QED) is 0.239. The Morgan fingerprint density at radius 1 is 0.684 bits per heavy atom. The van der Waals surface area contributed by atoms with Gasteiger partial charge in [0, 0.05) is 33.2 Å². The Bertz CT molecular complexity index is 1780. The maximum absolute atomic E-state index is 5.10. The number of hydrogen-bond donors (Lipinski definition) is 2. The van der Waals surface area contributed by atoms with E-state index in [1.54, 1.807) is 6.08 Å². The second-order valence-corrected chi connectivity index (χ2v) is 9.31. The zero-order valence-electron chi connectivity index (χ0n) is 22.4. The minimum Gasteiger partial charge on any atom is -0.355 e. The van der Waals surface area contributed by atoms with Gasteiger partial charge in [0.05, 0.1) is 22.8 Å². The molecule has 4 heteroatoms. The van der Waals surface area contributed by atoms with E-state index in [4.69, 9.17) is 9.97 Å². The average Bonchev–Trinajstić information content (AvgIpc) is 3.74. The molecule has 38 heavy (non-hydrogen) atoms. The maximum atomic E-state index is 5.10. The van der Waals surface area contributed by atoms with Crippen LogP contribution >= 0.6 is 0 Å². The van der Waals surface area contributed by atoms with E-state index in [2.05, 4.69) is 111 Å². The lowest BCUT2D eigenvalue weighted by Crippen LogP contribution is -1.91. The third-order valence-electron chi connectivity index (χ3n) is 7.03. The van der Waals surface area contributed by atoms with Gasteiger partial charge in [0.1, 0.15) is 0 Å². The predicted molar refractivity (Wildman–Crippen MR) is 165 cm³/mol. The van der Waals surface area contributed by atoms with Gasteiger partial charge in [0.2, 0.25) is 0 Å². The summed E-state index contributed by atoms with van der Waals surface area (Å²) in [7, 11) is 0. The largest absolute Gasteiger partial charge is 0.355 e. The summed E-state index contributed by atoms with van der Waals surface area (Å²) in [4.78, 5) is 17.4. The number of aryl methyl sites for hydroxylation is 2. The Balaban J connectivity index is 1.99. The summed E-state index contributed by atoms with van der Waals surface area (Å²) in [6.07, 6.45) is 20.2. The van der Waals surface area contributed by atoms with Crippen LogP contribution in [0.5, 0.6) is 0 Å². The van der Waals surface area contributed by atoms with E-state index in [9.17, 15) is 0 Å². The lowest BCUT2D eigenvalue weighted by molar-refractivity contribution is 1.25. The lowest BCUT2D eigenvalue weighted by atomic mass is 10.0. The van der Waals surface area contributed by atoms with Crippen molar-refractivity contribution in [2.75, 3.05) is 0 Å². The summed E-state index contributed by atoms with van der Waals surface area (Å²) in [6.45, 7) is 16.3. The van der Waals surface area contributed by atoms with E-state index in [0.29, 0.717) is 0 Å². The van der Waals surface area contributed by atoms with Crippen LogP contribution in [0.2, 0.25) is 0 Å². The number of H-pyrrole nitrogens is 2. The number of fused-ring (bicyclic) bond motifs is 8. The first-order chi connectivity index (χ1) is 18.5. The second kappa shape index (κ2) is 10.3. The molecule has 2 aliphatic rings. The molecule has 0 atom stereocenters. The van der Waals surface area contributed by atoms with Crippen LogP contribution in [-0.4, -0.2) is 19.9 Å². The molecule has 0 aromatic carbocycles. The molecule has 0 aliphatic carbocycles. The molecule has 0 saturated carbocycles. The summed E-state index contributed by atoms with van der Waals surface area (Å²) in [5, 5.41) is 0. The van der Waals surface area contributed by atoms with Crippen molar-refractivity contribution in [2.45, 2.75) is 27.7 Å². The van der Waals surface area contributed by atoms with Gasteiger partial charge in [-0.25, -0.2) is 9.97 Å². The molecule has 5 heterocycles. The van der Waals surface area contributed by atoms with Gasteiger partial charge in [-0.2, -0.15) is 0 Å². The highest BCUT2D eigenvalue weighted by Crippen LogP contribution is 2.31. The summed E-state index contributed by atoms with van der Waals surface area (Å²) in [5.41, 5.74) is 13.9. The topological polar surface area (TPSA) is 57.4 Å². The molecule has 2 aliphatic heterocycles.